The summed E-state index contributed by atoms with van der Waals surface area (Å²) < 4.78 is 37.7. The summed E-state index contributed by atoms with van der Waals surface area (Å²) in [4.78, 5) is 14.2. The molecule has 2 aromatic carbocycles. The van der Waals surface area contributed by atoms with Gasteiger partial charge in [-0.2, -0.15) is 11.8 Å². The molecule has 0 N–H and O–H groups in total. The van der Waals surface area contributed by atoms with Crippen LogP contribution in [0.3, 0.4) is 0 Å². The molecule has 0 saturated carbocycles. The second kappa shape index (κ2) is 7.15. The Morgan fingerprint density at radius 1 is 1.08 bits per heavy atom. The number of hydrogen-bond acceptors (Lipinski definition) is 4. The molecular weight excluding hydrogens is 360 g/mol. The van der Waals surface area contributed by atoms with E-state index in [0.717, 1.165) is 41.4 Å². The molecule has 0 bridgehead atoms. The van der Waals surface area contributed by atoms with Crippen molar-refractivity contribution in [3.63, 3.8) is 0 Å². The van der Waals surface area contributed by atoms with Crippen LogP contribution in [0.1, 0.15) is 27.6 Å². The molecule has 1 amide bonds. The van der Waals surface area contributed by atoms with E-state index in [4.69, 9.17) is 9.47 Å². The zero-order valence-corrected chi connectivity index (χ0v) is 14.7. The molecule has 2 heterocycles. The summed E-state index contributed by atoms with van der Waals surface area (Å²) >= 11 is 1.76. The van der Waals surface area contributed by atoms with Crippen LogP contribution < -0.4 is 9.47 Å². The Bertz CT molecular complexity index is 846. The first kappa shape index (κ1) is 17.1. The normalized spacial score (nSPS) is 19.3. The Morgan fingerprint density at radius 3 is 2.77 bits per heavy atom. The maximum Gasteiger partial charge on any atom is 0.256 e. The van der Waals surface area contributed by atoms with Crippen LogP contribution in [0.15, 0.2) is 36.4 Å². The molecule has 2 aliphatic rings. The van der Waals surface area contributed by atoms with Crippen LogP contribution in [0.4, 0.5) is 8.78 Å². The van der Waals surface area contributed by atoms with Crippen LogP contribution in [0.25, 0.3) is 0 Å². The number of benzene rings is 2. The molecular formula is C19H17F2NO3S. The number of amides is 1. The van der Waals surface area contributed by atoms with Crippen molar-refractivity contribution in [1.29, 1.82) is 0 Å². The number of carbonyl (C=O) groups is 1. The van der Waals surface area contributed by atoms with Crippen LogP contribution in [0.2, 0.25) is 0 Å². The number of hydrogen-bond donors (Lipinski definition) is 0. The predicted octanol–water partition coefficient (Wildman–Crippen LogP) is 4.01. The fraction of sp³-hybridized carbons (Fsp3) is 0.316. The van der Waals surface area contributed by atoms with Gasteiger partial charge in [-0.3, -0.25) is 4.79 Å². The van der Waals surface area contributed by atoms with E-state index in [1.807, 2.05) is 18.2 Å². The number of rotatable bonds is 2. The summed E-state index contributed by atoms with van der Waals surface area (Å²) in [7, 11) is 0. The van der Waals surface area contributed by atoms with Gasteiger partial charge in [0.05, 0.1) is 5.56 Å². The standard InChI is InChI=1S/C19H17F2NO3S/c20-13-2-3-14(15(21)10-13)19(23)22-6-5-18(26-8-7-22)12-1-4-16-17(9-12)25-11-24-16/h1-4,9-10,18H,5-8,11H2. The molecule has 7 heteroatoms. The first-order valence-corrected chi connectivity index (χ1v) is 9.42. The monoisotopic (exact) mass is 377 g/mol. The fourth-order valence-electron chi connectivity index (χ4n) is 3.19. The number of thioether (sulfide) groups is 1. The average molecular weight is 377 g/mol. The van der Waals surface area contributed by atoms with E-state index in [1.54, 1.807) is 16.7 Å². The van der Waals surface area contributed by atoms with Crippen molar-refractivity contribution >= 4 is 17.7 Å². The number of carbonyl (C=O) groups excluding carboxylic acids is 1. The van der Waals surface area contributed by atoms with Crippen LogP contribution in [0.5, 0.6) is 11.5 Å². The van der Waals surface area contributed by atoms with E-state index < -0.39 is 17.5 Å². The van der Waals surface area contributed by atoms with E-state index in [1.165, 1.54) is 6.07 Å². The van der Waals surface area contributed by atoms with Crippen molar-refractivity contribution < 1.29 is 23.0 Å². The fourth-order valence-corrected chi connectivity index (χ4v) is 4.41. The zero-order chi connectivity index (χ0) is 18.1. The van der Waals surface area contributed by atoms with E-state index in [-0.39, 0.29) is 17.6 Å². The molecule has 2 aromatic rings. The highest BCUT2D eigenvalue weighted by atomic mass is 32.2. The third-order valence-electron chi connectivity index (χ3n) is 4.56. The van der Waals surface area contributed by atoms with Gasteiger partial charge in [-0.05, 0) is 36.2 Å². The Hall–Kier alpha value is -2.28. The smallest absolute Gasteiger partial charge is 0.256 e. The second-order valence-electron chi connectivity index (χ2n) is 6.18. The maximum atomic E-state index is 13.9. The molecule has 4 nitrogen and oxygen atoms in total. The molecule has 1 unspecified atom stereocenters. The lowest BCUT2D eigenvalue weighted by Crippen LogP contribution is -2.33. The minimum Gasteiger partial charge on any atom is -0.454 e. The summed E-state index contributed by atoms with van der Waals surface area (Å²) in [5.41, 5.74) is 1.04. The molecule has 0 aromatic heterocycles. The third-order valence-corrected chi connectivity index (χ3v) is 5.89. The lowest BCUT2D eigenvalue weighted by Gasteiger charge is -2.20. The minimum atomic E-state index is -0.820. The quantitative estimate of drug-likeness (QED) is 0.793. The van der Waals surface area contributed by atoms with E-state index >= 15 is 0 Å². The summed E-state index contributed by atoms with van der Waals surface area (Å²) in [6.07, 6.45) is 0.749. The first-order chi connectivity index (χ1) is 12.6. The van der Waals surface area contributed by atoms with Crippen molar-refractivity contribution in [2.45, 2.75) is 11.7 Å². The van der Waals surface area contributed by atoms with Gasteiger partial charge >= 0.3 is 0 Å². The number of halogens is 2. The van der Waals surface area contributed by atoms with E-state index in [2.05, 4.69) is 0 Å². The lowest BCUT2D eigenvalue weighted by atomic mass is 10.1. The van der Waals surface area contributed by atoms with Gasteiger partial charge < -0.3 is 14.4 Å². The van der Waals surface area contributed by atoms with Gasteiger partial charge in [0.2, 0.25) is 6.79 Å². The summed E-state index contributed by atoms with van der Waals surface area (Å²) in [6, 6.07) is 8.97. The molecule has 4 rings (SSSR count). The molecule has 1 fully saturated rings. The van der Waals surface area contributed by atoms with Crippen molar-refractivity contribution in [2.75, 3.05) is 25.6 Å². The van der Waals surface area contributed by atoms with Crippen LogP contribution in [0, 0.1) is 11.6 Å². The molecule has 0 radical (unpaired) electrons. The SMILES string of the molecule is O=C(c1ccc(F)cc1F)N1CCSC(c2ccc3c(c2)OCO3)CC1. The van der Waals surface area contributed by atoms with Crippen LogP contribution in [-0.2, 0) is 0 Å². The molecule has 2 aliphatic heterocycles. The van der Waals surface area contributed by atoms with Crippen molar-refractivity contribution in [1.82, 2.24) is 4.90 Å². The van der Waals surface area contributed by atoms with Crippen molar-refractivity contribution in [2.24, 2.45) is 0 Å². The maximum absolute atomic E-state index is 13.9. The molecule has 0 spiro atoms. The van der Waals surface area contributed by atoms with Gasteiger partial charge in [0.15, 0.2) is 11.5 Å². The van der Waals surface area contributed by atoms with E-state index in [9.17, 15) is 13.6 Å². The van der Waals surface area contributed by atoms with E-state index in [0.29, 0.717) is 13.1 Å². The molecule has 26 heavy (non-hydrogen) atoms. The molecule has 1 atom stereocenters. The highest BCUT2D eigenvalue weighted by Gasteiger charge is 2.26. The van der Waals surface area contributed by atoms with Crippen LogP contribution >= 0.6 is 11.8 Å². The summed E-state index contributed by atoms with van der Waals surface area (Å²) in [6.45, 7) is 1.28. The average Bonchev–Trinajstić information content (AvgIpc) is 2.96. The Balaban J connectivity index is 1.47. The Morgan fingerprint density at radius 2 is 1.92 bits per heavy atom. The number of ether oxygens (including phenoxy) is 2. The topological polar surface area (TPSA) is 38.8 Å². The first-order valence-electron chi connectivity index (χ1n) is 8.37. The summed E-state index contributed by atoms with van der Waals surface area (Å²) in [5.74, 6) is 0.333. The number of nitrogens with zero attached hydrogens (tertiary/aromatic N) is 1. The number of fused-ring (bicyclic) bond motifs is 1. The van der Waals surface area contributed by atoms with Gasteiger partial charge in [-0.15, -0.1) is 0 Å². The predicted molar refractivity (Wildman–Crippen MR) is 94.6 cm³/mol. The van der Waals surface area contributed by atoms with Crippen LogP contribution in [-0.4, -0.2) is 36.4 Å². The molecule has 136 valence electrons. The van der Waals surface area contributed by atoms with Crippen molar-refractivity contribution in [3.05, 3.63) is 59.2 Å². The second-order valence-corrected chi connectivity index (χ2v) is 7.49. The highest BCUT2D eigenvalue weighted by molar-refractivity contribution is 7.99. The summed E-state index contributed by atoms with van der Waals surface area (Å²) in [5, 5.41) is 0.223. The van der Waals surface area contributed by atoms with Gasteiger partial charge in [0.1, 0.15) is 11.6 Å². The molecule has 1 saturated heterocycles. The van der Waals surface area contributed by atoms with Gasteiger partial charge in [0.25, 0.3) is 5.91 Å². The van der Waals surface area contributed by atoms with Gasteiger partial charge in [0, 0.05) is 30.2 Å². The van der Waals surface area contributed by atoms with Gasteiger partial charge in [-0.25, -0.2) is 8.78 Å². The minimum absolute atomic E-state index is 0.0853. The highest BCUT2D eigenvalue weighted by Crippen LogP contribution is 2.40. The van der Waals surface area contributed by atoms with Crippen molar-refractivity contribution in [3.8, 4) is 11.5 Å². The molecule has 0 aliphatic carbocycles. The zero-order valence-electron chi connectivity index (χ0n) is 13.9. The third kappa shape index (κ3) is 3.35. The largest absolute Gasteiger partial charge is 0.454 e. The van der Waals surface area contributed by atoms with Gasteiger partial charge in [-0.1, -0.05) is 6.07 Å². The lowest BCUT2D eigenvalue weighted by molar-refractivity contribution is 0.0761. The Kier molecular flexibility index (Phi) is 4.72. The Labute approximate surface area is 154 Å².